The van der Waals surface area contributed by atoms with E-state index in [1.54, 1.807) is 19.1 Å². The molecule has 1 aromatic carbocycles. The van der Waals surface area contributed by atoms with Gasteiger partial charge in [0, 0.05) is 5.75 Å². The van der Waals surface area contributed by atoms with Gasteiger partial charge in [0.05, 0.1) is 12.4 Å². The van der Waals surface area contributed by atoms with Crippen LogP contribution in [0.25, 0.3) is 0 Å². The summed E-state index contributed by atoms with van der Waals surface area (Å²) in [6.07, 6.45) is 0.408. The van der Waals surface area contributed by atoms with E-state index >= 15 is 0 Å². The normalized spacial score (nSPS) is 11.4. The summed E-state index contributed by atoms with van der Waals surface area (Å²) in [6, 6.07) is 4.71. The molecule has 0 radical (unpaired) electrons. The number of para-hydroxylation sites is 1. The fourth-order valence-electron chi connectivity index (χ4n) is 1.26. The zero-order valence-electron chi connectivity index (χ0n) is 9.72. The molecule has 0 bridgehead atoms. The van der Waals surface area contributed by atoms with E-state index in [0.717, 1.165) is 0 Å². The molecule has 96 valence electrons. The van der Waals surface area contributed by atoms with Crippen LogP contribution >= 0.6 is 0 Å². The summed E-state index contributed by atoms with van der Waals surface area (Å²) in [5, 5.41) is 9.32. The Morgan fingerprint density at radius 2 is 2.12 bits per heavy atom. The molecular weight excluding hydrogens is 242 g/mol. The number of anilines is 1. The lowest BCUT2D eigenvalue weighted by molar-refractivity contribution is 0.318. The van der Waals surface area contributed by atoms with Gasteiger partial charge in [-0.25, -0.2) is 8.42 Å². The number of rotatable bonds is 6. The predicted octanol–water partition coefficient (Wildman–Crippen LogP) is 1.18. The first kappa shape index (κ1) is 13.6. The Kier molecular flexibility index (Phi) is 4.62. The van der Waals surface area contributed by atoms with Crippen molar-refractivity contribution in [1.29, 1.82) is 0 Å². The Morgan fingerprint density at radius 1 is 1.41 bits per heavy atom. The predicted molar refractivity (Wildman–Crippen MR) is 67.0 cm³/mol. The van der Waals surface area contributed by atoms with E-state index in [9.17, 15) is 13.5 Å². The lowest BCUT2D eigenvalue weighted by Crippen LogP contribution is -2.12. The second kappa shape index (κ2) is 5.77. The highest BCUT2D eigenvalue weighted by Crippen LogP contribution is 2.29. The molecular formula is C11H17NO4S. The van der Waals surface area contributed by atoms with Gasteiger partial charge in [0.2, 0.25) is 0 Å². The lowest BCUT2D eigenvalue weighted by atomic mass is 10.3. The summed E-state index contributed by atoms with van der Waals surface area (Å²) in [7, 11) is -2.95. The zero-order valence-corrected chi connectivity index (χ0v) is 10.5. The maximum atomic E-state index is 11.2. The average molecular weight is 259 g/mol. The summed E-state index contributed by atoms with van der Waals surface area (Å²) in [6.45, 7) is 1.87. The highest BCUT2D eigenvalue weighted by Gasteiger charge is 2.08. The van der Waals surface area contributed by atoms with Crippen LogP contribution in [0.5, 0.6) is 11.5 Å². The van der Waals surface area contributed by atoms with Crippen LogP contribution in [0.15, 0.2) is 18.2 Å². The van der Waals surface area contributed by atoms with Gasteiger partial charge in [0.25, 0.3) is 0 Å². The van der Waals surface area contributed by atoms with E-state index in [-0.39, 0.29) is 29.5 Å². The van der Waals surface area contributed by atoms with Crippen molar-refractivity contribution in [2.75, 3.05) is 23.8 Å². The number of benzene rings is 1. The molecule has 0 heterocycles. The number of phenols is 1. The van der Waals surface area contributed by atoms with Crippen molar-refractivity contribution in [2.24, 2.45) is 0 Å². The molecule has 1 aromatic rings. The Morgan fingerprint density at radius 3 is 2.76 bits per heavy atom. The van der Waals surface area contributed by atoms with Crippen LogP contribution in [-0.4, -0.2) is 31.6 Å². The second-order valence-electron chi connectivity index (χ2n) is 3.63. The van der Waals surface area contributed by atoms with Gasteiger partial charge in [-0.1, -0.05) is 13.0 Å². The molecule has 0 aliphatic rings. The van der Waals surface area contributed by atoms with Gasteiger partial charge >= 0.3 is 0 Å². The molecule has 0 spiro atoms. The Labute approximate surface area is 101 Å². The van der Waals surface area contributed by atoms with Gasteiger partial charge in [0.15, 0.2) is 0 Å². The molecule has 0 aliphatic heterocycles. The number of aromatic hydroxyl groups is 1. The largest absolute Gasteiger partial charge is 0.506 e. The summed E-state index contributed by atoms with van der Waals surface area (Å²) < 4.78 is 27.7. The fourth-order valence-corrected chi connectivity index (χ4v) is 2.11. The van der Waals surface area contributed by atoms with Crippen LogP contribution in [0.4, 0.5) is 5.69 Å². The summed E-state index contributed by atoms with van der Waals surface area (Å²) in [5.41, 5.74) is 5.76. The van der Waals surface area contributed by atoms with Crippen LogP contribution < -0.4 is 10.5 Å². The summed E-state index contributed by atoms with van der Waals surface area (Å²) in [4.78, 5) is 0. The minimum Gasteiger partial charge on any atom is -0.506 e. The van der Waals surface area contributed by atoms with Gasteiger partial charge in [-0.15, -0.1) is 0 Å². The monoisotopic (exact) mass is 259 g/mol. The second-order valence-corrected chi connectivity index (χ2v) is 6.10. The van der Waals surface area contributed by atoms with Crippen molar-refractivity contribution in [3.8, 4) is 11.5 Å². The third-order valence-corrected chi connectivity index (χ3v) is 4.13. The van der Waals surface area contributed by atoms with Crippen molar-refractivity contribution in [1.82, 2.24) is 0 Å². The third kappa shape index (κ3) is 4.14. The highest BCUT2D eigenvalue weighted by molar-refractivity contribution is 7.91. The van der Waals surface area contributed by atoms with Gasteiger partial charge in [-0.3, -0.25) is 0 Å². The van der Waals surface area contributed by atoms with Crippen LogP contribution in [0.3, 0.4) is 0 Å². The minimum absolute atomic E-state index is 0.0383. The number of hydrogen-bond donors (Lipinski definition) is 2. The smallest absolute Gasteiger partial charge is 0.150 e. The molecule has 0 saturated carbocycles. The quantitative estimate of drug-likeness (QED) is 0.455. The van der Waals surface area contributed by atoms with Crippen molar-refractivity contribution in [3.05, 3.63) is 18.2 Å². The number of ether oxygens (including phenoxy) is 1. The van der Waals surface area contributed by atoms with Crippen molar-refractivity contribution >= 4 is 15.5 Å². The van der Waals surface area contributed by atoms with E-state index in [2.05, 4.69) is 0 Å². The average Bonchev–Trinajstić information content (AvgIpc) is 2.30. The van der Waals surface area contributed by atoms with E-state index in [1.165, 1.54) is 6.07 Å². The van der Waals surface area contributed by atoms with Gasteiger partial charge in [0.1, 0.15) is 27.0 Å². The molecule has 5 nitrogen and oxygen atoms in total. The number of hydrogen-bond acceptors (Lipinski definition) is 5. The Bertz CT molecular complexity index is 470. The molecule has 0 amide bonds. The summed E-state index contributed by atoms with van der Waals surface area (Å²) >= 11 is 0. The third-order valence-electron chi connectivity index (χ3n) is 2.34. The molecule has 0 aromatic heterocycles. The standard InChI is InChI=1S/C11H17NO4S/c1-2-17(14,15)8-4-7-16-10-6-3-5-9(13)11(10)12/h3,5-6,13H,2,4,7-8,12H2,1H3. The molecule has 0 aliphatic carbocycles. The molecule has 6 heteroatoms. The first-order valence-electron chi connectivity index (χ1n) is 5.37. The van der Waals surface area contributed by atoms with Crippen molar-refractivity contribution < 1.29 is 18.3 Å². The van der Waals surface area contributed by atoms with E-state index < -0.39 is 9.84 Å². The number of nitrogen functional groups attached to an aromatic ring is 1. The molecule has 0 saturated heterocycles. The molecule has 3 N–H and O–H groups in total. The van der Waals surface area contributed by atoms with E-state index in [0.29, 0.717) is 12.2 Å². The maximum absolute atomic E-state index is 11.2. The van der Waals surface area contributed by atoms with E-state index in [4.69, 9.17) is 10.5 Å². The lowest BCUT2D eigenvalue weighted by Gasteiger charge is -2.09. The van der Waals surface area contributed by atoms with Crippen LogP contribution in [-0.2, 0) is 9.84 Å². The molecule has 17 heavy (non-hydrogen) atoms. The Hall–Kier alpha value is -1.43. The maximum Gasteiger partial charge on any atom is 0.150 e. The van der Waals surface area contributed by atoms with E-state index in [1.807, 2.05) is 0 Å². The highest BCUT2D eigenvalue weighted by atomic mass is 32.2. The molecule has 0 unspecified atom stereocenters. The van der Waals surface area contributed by atoms with Gasteiger partial charge < -0.3 is 15.6 Å². The minimum atomic E-state index is -2.95. The first-order chi connectivity index (χ1) is 7.96. The van der Waals surface area contributed by atoms with Gasteiger partial charge in [-0.2, -0.15) is 0 Å². The SMILES string of the molecule is CCS(=O)(=O)CCCOc1cccc(O)c1N. The molecule has 0 fully saturated rings. The van der Waals surface area contributed by atoms with Crippen LogP contribution in [0, 0.1) is 0 Å². The summed E-state index contributed by atoms with van der Waals surface area (Å²) in [5.74, 6) is 0.575. The topological polar surface area (TPSA) is 89.6 Å². The number of nitrogens with two attached hydrogens (primary N) is 1. The van der Waals surface area contributed by atoms with Gasteiger partial charge in [-0.05, 0) is 18.6 Å². The number of phenolic OH excluding ortho intramolecular Hbond substituents is 1. The molecule has 1 rings (SSSR count). The number of sulfone groups is 1. The fraction of sp³-hybridized carbons (Fsp3) is 0.455. The first-order valence-corrected chi connectivity index (χ1v) is 7.19. The van der Waals surface area contributed by atoms with Crippen molar-refractivity contribution in [3.63, 3.8) is 0 Å². The zero-order chi connectivity index (χ0) is 12.9. The van der Waals surface area contributed by atoms with Crippen LogP contribution in [0.2, 0.25) is 0 Å². The van der Waals surface area contributed by atoms with Crippen molar-refractivity contribution in [2.45, 2.75) is 13.3 Å². The Balaban J connectivity index is 2.44. The van der Waals surface area contributed by atoms with Crippen LogP contribution in [0.1, 0.15) is 13.3 Å². The molecule has 0 atom stereocenters.